The number of fused-ring (bicyclic) bond motifs is 1. The van der Waals surface area contributed by atoms with Crippen molar-refractivity contribution in [2.75, 3.05) is 7.05 Å². The third kappa shape index (κ3) is 3.13. The van der Waals surface area contributed by atoms with Gasteiger partial charge in [0.1, 0.15) is 5.69 Å². The van der Waals surface area contributed by atoms with Gasteiger partial charge in [-0.1, -0.05) is 6.07 Å². The van der Waals surface area contributed by atoms with E-state index in [-0.39, 0.29) is 23.6 Å². The van der Waals surface area contributed by atoms with Crippen LogP contribution in [0.25, 0.3) is 10.9 Å². The summed E-state index contributed by atoms with van der Waals surface area (Å²) in [6, 6.07) is 9.83. The number of aromatic nitrogens is 3. The predicted octanol–water partition coefficient (Wildman–Crippen LogP) is 1.66. The Hall–Kier alpha value is -3.09. The van der Waals surface area contributed by atoms with Crippen molar-refractivity contribution in [2.45, 2.75) is 25.4 Å². The topological polar surface area (TPSA) is 91.8 Å². The molecule has 4 rings (SSSR count). The fourth-order valence-electron chi connectivity index (χ4n) is 2.82. The highest BCUT2D eigenvalue weighted by Gasteiger charge is 2.26. The molecule has 25 heavy (non-hydrogen) atoms. The van der Waals surface area contributed by atoms with Gasteiger partial charge >= 0.3 is 0 Å². The fraction of sp³-hybridized carbons (Fsp3) is 0.278. The number of amides is 2. The molecule has 0 unspecified atom stereocenters. The van der Waals surface area contributed by atoms with Crippen molar-refractivity contribution in [3.63, 3.8) is 0 Å². The van der Waals surface area contributed by atoms with E-state index in [1.807, 2.05) is 24.4 Å². The number of carbonyl (C=O) groups is 2. The third-order valence-corrected chi connectivity index (χ3v) is 4.33. The number of hydrogen-bond donors (Lipinski definition) is 3. The normalized spacial score (nSPS) is 13.8. The van der Waals surface area contributed by atoms with Crippen LogP contribution in [0.15, 0.2) is 36.5 Å². The van der Waals surface area contributed by atoms with Crippen LogP contribution in [0.1, 0.15) is 39.4 Å². The quantitative estimate of drug-likeness (QED) is 0.661. The Bertz CT molecular complexity index is 951. The summed E-state index contributed by atoms with van der Waals surface area (Å²) in [6.45, 7) is 0.422. The van der Waals surface area contributed by atoms with Gasteiger partial charge in [0.05, 0.1) is 6.54 Å². The van der Waals surface area contributed by atoms with Gasteiger partial charge in [-0.15, -0.1) is 0 Å². The molecule has 3 aromatic rings. The van der Waals surface area contributed by atoms with Gasteiger partial charge in [-0.2, -0.15) is 5.10 Å². The number of nitrogens with one attached hydrogen (secondary N) is 3. The summed E-state index contributed by atoms with van der Waals surface area (Å²) < 4.78 is 1.59. The van der Waals surface area contributed by atoms with E-state index in [4.69, 9.17) is 0 Å². The lowest BCUT2D eigenvalue weighted by Crippen LogP contribution is -2.28. The molecule has 0 aliphatic heterocycles. The van der Waals surface area contributed by atoms with Crippen LogP contribution in [-0.4, -0.2) is 39.7 Å². The zero-order valence-electron chi connectivity index (χ0n) is 13.9. The molecule has 0 bridgehead atoms. The average Bonchev–Trinajstić information content (AvgIpc) is 3.14. The highest BCUT2D eigenvalue weighted by Crippen LogP contribution is 2.20. The van der Waals surface area contributed by atoms with Crippen molar-refractivity contribution >= 4 is 22.7 Å². The minimum Gasteiger partial charge on any atom is -0.361 e. The van der Waals surface area contributed by atoms with E-state index in [9.17, 15) is 9.59 Å². The van der Waals surface area contributed by atoms with Crippen molar-refractivity contribution in [1.82, 2.24) is 25.4 Å². The molecule has 2 heterocycles. The minimum atomic E-state index is -0.305. The number of aromatic amines is 1. The molecule has 2 amide bonds. The highest BCUT2D eigenvalue weighted by atomic mass is 16.2. The van der Waals surface area contributed by atoms with Crippen molar-refractivity contribution in [1.29, 1.82) is 0 Å². The molecule has 128 valence electrons. The molecule has 1 aliphatic carbocycles. The number of rotatable bonds is 5. The first-order valence-corrected chi connectivity index (χ1v) is 8.31. The summed E-state index contributed by atoms with van der Waals surface area (Å²) >= 11 is 0. The molecule has 0 atom stereocenters. The summed E-state index contributed by atoms with van der Waals surface area (Å²) in [5.74, 6) is -0.492. The Kier molecular flexibility index (Phi) is 3.76. The van der Waals surface area contributed by atoms with E-state index in [1.165, 1.54) is 0 Å². The molecule has 0 saturated heterocycles. The Morgan fingerprint density at radius 2 is 2.08 bits per heavy atom. The van der Waals surface area contributed by atoms with E-state index in [2.05, 4.69) is 26.8 Å². The minimum absolute atomic E-state index is 0.187. The Morgan fingerprint density at radius 1 is 1.24 bits per heavy atom. The molecule has 7 heteroatoms. The number of nitrogens with zero attached hydrogens (tertiary/aromatic N) is 2. The molecule has 7 nitrogen and oxygen atoms in total. The lowest BCUT2D eigenvalue weighted by atomic mass is 10.1. The molecule has 3 N–H and O–H groups in total. The number of hydrogen-bond acceptors (Lipinski definition) is 3. The van der Waals surface area contributed by atoms with Gasteiger partial charge in [0.25, 0.3) is 11.8 Å². The van der Waals surface area contributed by atoms with Gasteiger partial charge in [0.15, 0.2) is 5.69 Å². The van der Waals surface area contributed by atoms with Gasteiger partial charge < -0.3 is 15.6 Å². The highest BCUT2D eigenvalue weighted by molar-refractivity contribution is 5.98. The van der Waals surface area contributed by atoms with Crippen LogP contribution < -0.4 is 10.6 Å². The number of H-pyrrole nitrogens is 1. The number of benzene rings is 1. The zero-order chi connectivity index (χ0) is 17.4. The second kappa shape index (κ2) is 6.08. The molecule has 1 fully saturated rings. The maximum atomic E-state index is 12.5. The zero-order valence-corrected chi connectivity index (χ0v) is 13.9. The lowest BCUT2D eigenvalue weighted by Gasteiger charge is -2.08. The van der Waals surface area contributed by atoms with E-state index in [0.29, 0.717) is 12.2 Å². The third-order valence-electron chi connectivity index (χ3n) is 4.33. The van der Waals surface area contributed by atoms with Gasteiger partial charge in [-0.25, -0.2) is 0 Å². The van der Waals surface area contributed by atoms with Gasteiger partial charge in [-0.3, -0.25) is 14.3 Å². The average molecular weight is 337 g/mol. The molecule has 1 saturated carbocycles. The van der Waals surface area contributed by atoms with Crippen molar-refractivity contribution in [3.8, 4) is 0 Å². The molecule has 1 aromatic carbocycles. The van der Waals surface area contributed by atoms with Crippen LogP contribution >= 0.6 is 0 Å². The van der Waals surface area contributed by atoms with Crippen LogP contribution in [-0.2, 0) is 6.54 Å². The summed E-state index contributed by atoms with van der Waals surface area (Å²) in [5, 5.41) is 10.9. The maximum absolute atomic E-state index is 12.5. The Balaban J connectivity index is 1.66. The van der Waals surface area contributed by atoms with Gasteiger partial charge in [-0.05, 0) is 42.0 Å². The second-order valence-corrected chi connectivity index (χ2v) is 6.30. The first kappa shape index (κ1) is 15.4. The van der Waals surface area contributed by atoms with Crippen LogP contribution in [0, 0.1) is 0 Å². The van der Waals surface area contributed by atoms with Crippen molar-refractivity contribution in [2.24, 2.45) is 0 Å². The van der Waals surface area contributed by atoms with Crippen LogP contribution in [0.4, 0.5) is 0 Å². The molecule has 0 spiro atoms. The summed E-state index contributed by atoms with van der Waals surface area (Å²) in [5.41, 5.74) is 2.71. The lowest BCUT2D eigenvalue weighted by molar-refractivity contribution is 0.0937. The van der Waals surface area contributed by atoms with Gasteiger partial charge in [0.2, 0.25) is 0 Å². The fourth-order valence-corrected chi connectivity index (χ4v) is 2.82. The molecule has 2 aromatic heterocycles. The summed E-state index contributed by atoms with van der Waals surface area (Å²) in [7, 11) is 1.55. The van der Waals surface area contributed by atoms with E-state index < -0.39 is 0 Å². The first-order valence-electron chi connectivity index (χ1n) is 8.31. The molecular formula is C18H19N5O2. The molecule has 0 radical (unpaired) electrons. The van der Waals surface area contributed by atoms with E-state index in [1.54, 1.807) is 17.8 Å². The predicted molar refractivity (Wildman–Crippen MR) is 93.5 cm³/mol. The largest absolute Gasteiger partial charge is 0.361 e. The molecule has 1 aliphatic rings. The Morgan fingerprint density at radius 3 is 2.84 bits per heavy atom. The van der Waals surface area contributed by atoms with E-state index >= 15 is 0 Å². The Labute approximate surface area is 144 Å². The monoisotopic (exact) mass is 337 g/mol. The van der Waals surface area contributed by atoms with Crippen molar-refractivity contribution < 1.29 is 9.59 Å². The van der Waals surface area contributed by atoms with Crippen LogP contribution in [0.3, 0.4) is 0 Å². The first-order chi connectivity index (χ1) is 12.1. The second-order valence-electron chi connectivity index (χ2n) is 6.30. The summed E-state index contributed by atoms with van der Waals surface area (Å²) in [6.07, 6.45) is 3.90. The SMILES string of the molecule is CNC(=O)c1cc(C(=O)NC2CC2)n(Cc2ccc3[nH]ccc3c2)n1. The number of carbonyl (C=O) groups excluding carboxylic acids is 2. The van der Waals surface area contributed by atoms with Crippen LogP contribution in [0.5, 0.6) is 0 Å². The van der Waals surface area contributed by atoms with Gasteiger partial charge in [0, 0.05) is 30.9 Å². The summed E-state index contributed by atoms with van der Waals surface area (Å²) in [4.78, 5) is 27.6. The van der Waals surface area contributed by atoms with Crippen LogP contribution in [0.2, 0.25) is 0 Å². The smallest absolute Gasteiger partial charge is 0.271 e. The standard InChI is InChI=1S/C18H19N5O2/c1-19-17(24)15-9-16(18(25)21-13-3-4-13)23(22-15)10-11-2-5-14-12(8-11)6-7-20-14/h2,5-9,13,20H,3-4,10H2,1H3,(H,19,24)(H,21,25). The molecular weight excluding hydrogens is 318 g/mol. The maximum Gasteiger partial charge on any atom is 0.271 e. The van der Waals surface area contributed by atoms with Crippen molar-refractivity contribution in [3.05, 3.63) is 53.5 Å². The van der Waals surface area contributed by atoms with E-state index in [0.717, 1.165) is 29.3 Å².